The Labute approximate surface area is 209 Å². The van der Waals surface area contributed by atoms with Crippen molar-refractivity contribution >= 4 is 15.9 Å². The van der Waals surface area contributed by atoms with Gasteiger partial charge in [-0.05, 0) is 42.3 Å². The topological polar surface area (TPSA) is 133 Å². The maximum atomic E-state index is 13.0. The lowest BCUT2D eigenvalue weighted by atomic mass is 10.1. The van der Waals surface area contributed by atoms with Crippen LogP contribution in [0.4, 0.5) is 0 Å². The Morgan fingerprint density at radius 3 is 2.67 bits per heavy atom. The molecule has 2 aromatic carbocycles. The largest absolute Gasteiger partial charge is 0.497 e. The summed E-state index contributed by atoms with van der Waals surface area (Å²) in [7, 11) is -0.579. The molecule has 0 atom stereocenters. The predicted molar refractivity (Wildman–Crippen MR) is 129 cm³/mol. The third kappa shape index (κ3) is 6.01. The molecule has 0 radical (unpaired) electrons. The lowest BCUT2D eigenvalue weighted by Crippen LogP contribution is -2.40. The molecule has 0 aliphatic carbocycles. The van der Waals surface area contributed by atoms with E-state index in [0.29, 0.717) is 55.6 Å². The van der Waals surface area contributed by atoms with Crippen molar-refractivity contribution < 1.29 is 31.9 Å². The number of carbonyl (C=O) groups is 1. The van der Waals surface area contributed by atoms with Crippen molar-refractivity contribution in [2.24, 2.45) is 0 Å². The zero-order valence-electron chi connectivity index (χ0n) is 20.1. The number of nitrogens with one attached hydrogen (secondary N) is 1. The fraction of sp³-hybridized carbons (Fsp3) is 0.375. The summed E-state index contributed by atoms with van der Waals surface area (Å²) >= 11 is 0. The number of hydrogen-bond acceptors (Lipinski definition) is 9. The number of carbonyl (C=O) groups excluding carboxylic acids is 1. The minimum absolute atomic E-state index is 0.0678. The van der Waals surface area contributed by atoms with Gasteiger partial charge in [-0.1, -0.05) is 17.3 Å². The third-order valence-corrected chi connectivity index (χ3v) is 7.61. The number of methoxy groups -OCH3 is 2. The van der Waals surface area contributed by atoms with E-state index >= 15 is 0 Å². The van der Waals surface area contributed by atoms with Crippen LogP contribution in [0.3, 0.4) is 0 Å². The first kappa shape index (κ1) is 25.6. The predicted octanol–water partition coefficient (Wildman–Crippen LogP) is 2.02. The fourth-order valence-electron chi connectivity index (χ4n) is 3.76. The normalized spacial score (nSPS) is 14.4. The van der Waals surface area contributed by atoms with E-state index in [1.165, 1.54) is 17.5 Å². The van der Waals surface area contributed by atoms with Gasteiger partial charge in [0.15, 0.2) is 0 Å². The summed E-state index contributed by atoms with van der Waals surface area (Å²) in [5, 5.41) is 6.70. The molecule has 1 aliphatic rings. The molecule has 1 saturated heterocycles. The number of aromatic nitrogens is 2. The van der Waals surface area contributed by atoms with Crippen LogP contribution in [0.5, 0.6) is 11.5 Å². The van der Waals surface area contributed by atoms with E-state index in [4.69, 9.17) is 18.7 Å². The van der Waals surface area contributed by atoms with Crippen LogP contribution in [-0.2, 0) is 32.5 Å². The Morgan fingerprint density at radius 2 is 1.92 bits per heavy atom. The first-order valence-corrected chi connectivity index (χ1v) is 12.8. The second-order valence-corrected chi connectivity index (χ2v) is 9.95. The lowest BCUT2D eigenvalue weighted by Gasteiger charge is -2.26. The highest BCUT2D eigenvalue weighted by molar-refractivity contribution is 7.89. The maximum absolute atomic E-state index is 13.0. The molecule has 4 rings (SSSR count). The molecule has 1 fully saturated rings. The second kappa shape index (κ2) is 11.5. The number of ether oxygens (including phenoxy) is 3. The monoisotopic (exact) mass is 516 g/mol. The van der Waals surface area contributed by atoms with Gasteiger partial charge in [-0.3, -0.25) is 4.79 Å². The highest BCUT2D eigenvalue weighted by Crippen LogP contribution is 2.26. The Balaban J connectivity index is 1.36. The van der Waals surface area contributed by atoms with E-state index in [1.807, 2.05) is 18.2 Å². The van der Waals surface area contributed by atoms with Crippen molar-refractivity contribution in [3.05, 3.63) is 53.9 Å². The number of nitrogens with zero attached hydrogens (tertiary/aromatic N) is 3. The minimum atomic E-state index is -3.66. The average molecular weight is 517 g/mol. The number of amides is 1. The molecule has 2 heterocycles. The molecule has 0 spiro atoms. The van der Waals surface area contributed by atoms with E-state index in [1.54, 1.807) is 25.3 Å². The van der Waals surface area contributed by atoms with E-state index in [9.17, 15) is 13.2 Å². The van der Waals surface area contributed by atoms with E-state index < -0.39 is 10.0 Å². The second-order valence-electron chi connectivity index (χ2n) is 8.01. The molecule has 0 bridgehead atoms. The summed E-state index contributed by atoms with van der Waals surface area (Å²) in [5.74, 6) is 1.59. The summed E-state index contributed by atoms with van der Waals surface area (Å²) in [5.41, 5.74) is 1.36. The van der Waals surface area contributed by atoms with Gasteiger partial charge in [-0.25, -0.2) is 8.42 Å². The van der Waals surface area contributed by atoms with Crippen molar-refractivity contribution in [3.8, 4) is 22.9 Å². The van der Waals surface area contributed by atoms with Gasteiger partial charge in [0.05, 0.1) is 38.9 Å². The highest BCUT2D eigenvalue weighted by atomic mass is 32.2. The molecule has 11 nitrogen and oxygen atoms in total. The quantitative estimate of drug-likeness (QED) is 0.430. The van der Waals surface area contributed by atoms with Gasteiger partial charge in [0.25, 0.3) is 0 Å². The Kier molecular flexibility index (Phi) is 8.18. The standard InChI is InChI=1S/C24H28N4O7S/c1-32-19-5-3-4-18(14-19)24-26-23(35-27-24)16-25-22(29)9-6-17-15-20(7-8-21(17)33-2)36(30,31)28-10-12-34-13-11-28/h3-5,7-8,14-15H,6,9-13,16H2,1-2H3,(H,25,29). The fourth-order valence-corrected chi connectivity index (χ4v) is 5.22. The summed E-state index contributed by atoms with van der Waals surface area (Å²) < 4.78 is 48.5. The molecular weight excluding hydrogens is 488 g/mol. The highest BCUT2D eigenvalue weighted by Gasteiger charge is 2.27. The maximum Gasteiger partial charge on any atom is 0.246 e. The van der Waals surface area contributed by atoms with Gasteiger partial charge in [0, 0.05) is 25.1 Å². The SMILES string of the molecule is COc1cccc(-c2noc(CNC(=O)CCc3cc(S(=O)(=O)N4CCOCC4)ccc3OC)n2)c1. The van der Waals surface area contributed by atoms with Crippen LogP contribution in [0, 0.1) is 0 Å². The zero-order valence-corrected chi connectivity index (χ0v) is 20.9. The van der Waals surface area contributed by atoms with Gasteiger partial charge in [-0.15, -0.1) is 0 Å². The summed E-state index contributed by atoms with van der Waals surface area (Å²) in [6, 6.07) is 11.9. The van der Waals surface area contributed by atoms with Crippen LogP contribution in [0.25, 0.3) is 11.4 Å². The number of hydrogen-bond donors (Lipinski definition) is 1. The van der Waals surface area contributed by atoms with Crippen LogP contribution in [-0.4, -0.2) is 69.3 Å². The van der Waals surface area contributed by atoms with E-state index in [-0.39, 0.29) is 29.7 Å². The first-order valence-electron chi connectivity index (χ1n) is 11.4. The van der Waals surface area contributed by atoms with Crippen molar-refractivity contribution in [2.45, 2.75) is 24.3 Å². The summed E-state index contributed by atoms with van der Waals surface area (Å²) in [4.78, 5) is 17.0. The lowest BCUT2D eigenvalue weighted by molar-refractivity contribution is -0.121. The van der Waals surface area contributed by atoms with Crippen molar-refractivity contribution in [1.29, 1.82) is 0 Å². The number of benzene rings is 2. The first-order chi connectivity index (χ1) is 17.4. The van der Waals surface area contributed by atoms with E-state index in [0.717, 1.165) is 5.56 Å². The molecule has 0 unspecified atom stereocenters. The Bertz CT molecular complexity index is 1300. The molecule has 0 saturated carbocycles. The van der Waals surface area contributed by atoms with Crippen LogP contribution < -0.4 is 14.8 Å². The summed E-state index contributed by atoms with van der Waals surface area (Å²) in [6.45, 7) is 1.41. The zero-order chi connectivity index (χ0) is 25.5. The van der Waals surface area contributed by atoms with Gasteiger partial charge >= 0.3 is 0 Å². The van der Waals surface area contributed by atoms with Crippen LogP contribution in [0.15, 0.2) is 51.9 Å². The molecule has 1 aliphatic heterocycles. The molecule has 1 N–H and O–H groups in total. The smallest absolute Gasteiger partial charge is 0.246 e. The Morgan fingerprint density at radius 1 is 1.11 bits per heavy atom. The number of rotatable bonds is 10. The molecule has 1 amide bonds. The average Bonchev–Trinajstić information content (AvgIpc) is 3.40. The van der Waals surface area contributed by atoms with Gasteiger partial charge in [-0.2, -0.15) is 9.29 Å². The molecular formula is C24H28N4O7S. The van der Waals surface area contributed by atoms with Gasteiger partial charge in [0.2, 0.25) is 27.6 Å². The number of sulfonamides is 1. The van der Waals surface area contributed by atoms with Crippen LogP contribution in [0.1, 0.15) is 17.9 Å². The Hall–Kier alpha value is -3.48. The van der Waals surface area contributed by atoms with E-state index in [2.05, 4.69) is 15.5 Å². The van der Waals surface area contributed by atoms with Gasteiger partial charge in [0.1, 0.15) is 11.5 Å². The van der Waals surface area contributed by atoms with Crippen molar-refractivity contribution in [1.82, 2.24) is 19.8 Å². The van der Waals surface area contributed by atoms with Crippen LogP contribution in [0.2, 0.25) is 0 Å². The molecule has 36 heavy (non-hydrogen) atoms. The van der Waals surface area contributed by atoms with Crippen molar-refractivity contribution in [2.75, 3.05) is 40.5 Å². The number of aryl methyl sites for hydroxylation is 1. The molecule has 3 aromatic rings. The number of morpholine rings is 1. The van der Waals surface area contributed by atoms with Crippen molar-refractivity contribution in [3.63, 3.8) is 0 Å². The summed E-state index contributed by atoms with van der Waals surface area (Å²) in [6.07, 6.45) is 0.411. The molecule has 192 valence electrons. The minimum Gasteiger partial charge on any atom is -0.497 e. The van der Waals surface area contributed by atoms with Crippen LogP contribution >= 0.6 is 0 Å². The third-order valence-electron chi connectivity index (χ3n) is 5.71. The van der Waals surface area contributed by atoms with Gasteiger partial charge < -0.3 is 24.1 Å². The molecule has 1 aromatic heterocycles. The molecule has 12 heteroatoms.